The molecule has 2 aliphatic heterocycles. The molecule has 0 unspecified atom stereocenters. The van der Waals surface area contributed by atoms with E-state index in [1.165, 1.54) is 11.0 Å². The van der Waals surface area contributed by atoms with Gasteiger partial charge >= 0.3 is 6.18 Å². The average molecular weight is 852 g/mol. The van der Waals surface area contributed by atoms with Gasteiger partial charge in [0.1, 0.15) is 5.75 Å². The SMILES string of the molecule is C=Cc1ccc(N2C(=O)[C@H]3[C@H](CC=C4[C@H]3C[C@H]3C(=O)N(Nc5ncc(C(F)(F)F)cc5Cl)C(=O)[C@@]3(c3ccc(Cl)cc3)[C@H]4c3cc(Br)ccc3O)C2=O)cc1. The van der Waals surface area contributed by atoms with Crippen molar-refractivity contribution in [3.05, 3.63) is 134 Å². The molecule has 1 saturated carbocycles. The standard InChI is InChI=1S/C40H28BrCl2F3N4O5/c1-2-19-3-10-24(11-4-19)49-35(52)26-13-12-25-27(32(26)37(49)54)17-29-36(53)50(48-34-30(43)15-21(18-47-34)40(44,45)46)38(55)39(29,20-5-8-23(42)9-6-20)33(25)28-16-22(41)7-14-31(28)51/h2-12,14-16,18,26-27,29,32-33,51H,1,13,17H2,(H,47,48)/t26-,27+,29-,32-,33+,39+/m0/s1. The molecule has 0 radical (unpaired) electrons. The molecule has 4 aromatic rings. The number of anilines is 2. The van der Waals surface area contributed by atoms with Gasteiger partial charge in [-0.05, 0) is 78.4 Å². The molecule has 2 saturated heterocycles. The fourth-order valence-corrected chi connectivity index (χ4v) is 9.61. The van der Waals surface area contributed by atoms with Crippen LogP contribution in [0.2, 0.25) is 10.0 Å². The molecule has 55 heavy (non-hydrogen) atoms. The van der Waals surface area contributed by atoms with Crippen molar-refractivity contribution in [2.75, 3.05) is 10.3 Å². The van der Waals surface area contributed by atoms with E-state index in [1.54, 1.807) is 66.7 Å². The third-order valence-corrected chi connectivity index (χ3v) is 12.3. The maximum Gasteiger partial charge on any atom is 0.417 e. The highest BCUT2D eigenvalue weighted by Gasteiger charge is 2.70. The molecule has 2 aliphatic carbocycles. The van der Waals surface area contributed by atoms with Crippen LogP contribution in [0.25, 0.3) is 6.08 Å². The molecule has 8 rings (SSSR count). The fraction of sp³-hybridized carbons (Fsp3) is 0.225. The largest absolute Gasteiger partial charge is 0.508 e. The third-order valence-electron chi connectivity index (χ3n) is 11.2. The number of alkyl halides is 3. The van der Waals surface area contributed by atoms with Crippen LogP contribution in [0.15, 0.2) is 102 Å². The van der Waals surface area contributed by atoms with E-state index in [0.717, 1.165) is 5.56 Å². The number of phenolic OH excluding ortho intramolecular Hbond substituents is 1. The average Bonchev–Trinajstić information content (AvgIpc) is 3.54. The van der Waals surface area contributed by atoms with Crippen LogP contribution >= 0.6 is 39.1 Å². The molecule has 15 heteroatoms. The molecule has 0 spiro atoms. The first-order chi connectivity index (χ1) is 26.2. The summed E-state index contributed by atoms with van der Waals surface area (Å²) in [6.45, 7) is 3.76. The van der Waals surface area contributed by atoms with Gasteiger partial charge in [-0.2, -0.15) is 18.2 Å². The zero-order chi connectivity index (χ0) is 39.1. The Hall–Kier alpha value is -4.98. The van der Waals surface area contributed by atoms with E-state index in [4.69, 9.17) is 23.2 Å². The van der Waals surface area contributed by atoms with Crippen LogP contribution < -0.4 is 10.3 Å². The summed E-state index contributed by atoms with van der Waals surface area (Å²) in [6, 6.07) is 18.5. The number of amides is 4. The number of nitrogens with one attached hydrogen (secondary N) is 1. The Balaban J connectivity index is 1.31. The second kappa shape index (κ2) is 13.3. The number of halogens is 6. The number of hydrogen-bond acceptors (Lipinski definition) is 7. The van der Waals surface area contributed by atoms with E-state index in [1.807, 2.05) is 6.08 Å². The Morgan fingerprint density at radius 3 is 2.31 bits per heavy atom. The number of hydrogen-bond donors (Lipinski definition) is 2. The van der Waals surface area contributed by atoms with Crippen molar-refractivity contribution >= 4 is 80.3 Å². The Bertz CT molecular complexity index is 2360. The van der Waals surface area contributed by atoms with Crippen molar-refractivity contribution in [3.63, 3.8) is 0 Å². The monoisotopic (exact) mass is 850 g/mol. The summed E-state index contributed by atoms with van der Waals surface area (Å²) in [7, 11) is 0. The topological polar surface area (TPSA) is 120 Å². The van der Waals surface area contributed by atoms with E-state index in [-0.39, 0.29) is 30.0 Å². The first kappa shape index (κ1) is 37.0. The summed E-state index contributed by atoms with van der Waals surface area (Å²) >= 11 is 16.1. The van der Waals surface area contributed by atoms with Gasteiger partial charge in [0, 0.05) is 27.2 Å². The van der Waals surface area contributed by atoms with Gasteiger partial charge in [0.15, 0.2) is 5.82 Å². The Labute approximate surface area is 330 Å². The number of pyridine rings is 1. The molecule has 280 valence electrons. The second-order valence-electron chi connectivity index (χ2n) is 13.9. The lowest BCUT2D eigenvalue weighted by Gasteiger charge is -2.50. The van der Waals surface area contributed by atoms with Crippen molar-refractivity contribution < 1.29 is 37.5 Å². The maximum atomic E-state index is 15.3. The van der Waals surface area contributed by atoms with E-state index in [2.05, 4.69) is 32.9 Å². The highest BCUT2D eigenvalue weighted by atomic mass is 79.9. The molecule has 4 aliphatic rings. The number of carbonyl (C=O) groups excluding carboxylic acids is 4. The number of nitrogens with zero attached hydrogens (tertiary/aromatic N) is 3. The number of allylic oxidation sites excluding steroid dienone is 2. The van der Waals surface area contributed by atoms with Crippen LogP contribution in [0.1, 0.15) is 41.0 Å². The summed E-state index contributed by atoms with van der Waals surface area (Å²) < 4.78 is 41.0. The lowest BCUT2D eigenvalue weighted by atomic mass is 9.49. The van der Waals surface area contributed by atoms with Gasteiger partial charge < -0.3 is 5.11 Å². The minimum Gasteiger partial charge on any atom is -0.508 e. The Morgan fingerprint density at radius 1 is 0.945 bits per heavy atom. The van der Waals surface area contributed by atoms with E-state index in [0.29, 0.717) is 43.6 Å². The number of benzene rings is 3. The molecule has 3 fully saturated rings. The van der Waals surface area contributed by atoms with E-state index < -0.39 is 75.4 Å². The summed E-state index contributed by atoms with van der Waals surface area (Å²) in [5.74, 6) is -7.73. The molecule has 3 heterocycles. The number of aromatic nitrogens is 1. The number of imide groups is 2. The predicted octanol–water partition coefficient (Wildman–Crippen LogP) is 8.71. The van der Waals surface area contributed by atoms with Crippen molar-refractivity contribution in [2.45, 2.75) is 30.4 Å². The minimum absolute atomic E-state index is 0.0694. The van der Waals surface area contributed by atoms with Gasteiger partial charge in [-0.1, -0.05) is 87.7 Å². The fourth-order valence-electron chi connectivity index (χ4n) is 8.90. The lowest BCUT2D eigenvalue weighted by Crippen LogP contribution is -2.53. The zero-order valence-corrected chi connectivity index (χ0v) is 31.5. The quantitative estimate of drug-likeness (QED) is 0.147. The molecular weight excluding hydrogens is 824 g/mol. The van der Waals surface area contributed by atoms with Crippen LogP contribution in [0, 0.1) is 23.7 Å². The van der Waals surface area contributed by atoms with Crippen molar-refractivity contribution in [3.8, 4) is 5.75 Å². The maximum absolute atomic E-state index is 15.3. The van der Waals surface area contributed by atoms with Gasteiger partial charge in [0.05, 0.1) is 39.4 Å². The molecule has 4 amide bonds. The van der Waals surface area contributed by atoms with Crippen molar-refractivity contribution in [1.82, 2.24) is 9.99 Å². The van der Waals surface area contributed by atoms with Gasteiger partial charge in [0.2, 0.25) is 11.8 Å². The van der Waals surface area contributed by atoms with Crippen LogP contribution in [-0.2, 0) is 30.8 Å². The van der Waals surface area contributed by atoms with Crippen LogP contribution in [0.3, 0.4) is 0 Å². The highest BCUT2D eigenvalue weighted by molar-refractivity contribution is 9.10. The van der Waals surface area contributed by atoms with Gasteiger partial charge in [-0.3, -0.25) is 29.5 Å². The van der Waals surface area contributed by atoms with E-state index in [9.17, 15) is 32.7 Å². The summed E-state index contributed by atoms with van der Waals surface area (Å²) in [5, 5.41) is 12.1. The number of rotatable bonds is 6. The van der Waals surface area contributed by atoms with E-state index >= 15 is 4.79 Å². The summed E-state index contributed by atoms with van der Waals surface area (Å²) in [5.41, 5.74) is 2.06. The second-order valence-corrected chi connectivity index (χ2v) is 15.7. The summed E-state index contributed by atoms with van der Waals surface area (Å²) in [4.78, 5) is 63.6. The highest BCUT2D eigenvalue weighted by Crippen LogP contribution is 2.65. The normalized spacial score (nSPS) is 26.1. The predicted molar refractivity (Wildman–Crippen MR) is 202 cm³/mol. The van der Waals surface area contributed by atoms with Crippen LogP contribution in [-0.4, -0.2) is 38.7 Å². The number of fused-ring (bicyclic) bond motifs is 4. The van der Waals surface area contributed by atoms with Crippen LogP contribution in [0.5, 0.6) is 5.75 Å². The van der Waals surface area contributed by atoms with Gasteiger partial charge in [-0.25, -0.2) is 4.98 Å². The van der Waals surface area contributed by atoms with Gasteiger partial charge in [0.25, 0.3) is 11.8 Å². The number of aromatic hydroxyl groups is 1. The van der Waals surface area contributed by atoms with Crippen LogP contribution in [0.4, 0.5) is 24.7 Å². The number of carbonyl (C=O) groups is 4. The Kier molecular flexibility index (Phi) is 8.97. The molecule has 2 N–H and O–H groups in total. The molecule has 3 aromatic carbocycles. The van der Waals surface area contributed by atoms with Gasteiger partial charge in [-0.15, -0.1) is 0 Å². The summed E-state index contributed by atoms with van der Waals surface area (Å²) in [6.07, 6.45) is -0.679. The molecule has 1 aromatic heterocycles. The van der Waals surface area contributed by atoms with Crippen molar-refractivity contribution in [2.24, 2.45) is 23.7 Å². The zero-order valence-electron chi connectivity index (χ0n) is 28.4. The number of phenols is 1. The third kappa shape index (κ3) is 5.69. The van der Waals surface area contributed by atoms with Crippen molar-refractivity contribution in [1.29, 1.82) is 0 Å². The smallest absolute Gasteiger partial charge is 0.417 e. The first-order valence-corrected chi connectivity index (χ1v) is 18.6. The molecule has 0 bridgehead atoms. The first-order valence-electron chi connectivity index (χ1n) is 17.1. The molecule has 9 nitrogen and oxygen atoms in total. The lowest BCUT2D eigenvalue weighted by molar-refractivity contribution is -0.139. The molecular formula is C40H28BrCl2F3N4O5. The number of hydrazine groups is 1. The minimum atomic E-state index is -4.76. The Morgan fingerprint density at radius 2 is 1.65 bits per heavy atom. The molecule has 6 atom stereocenters.